The van der Waals surface area contributed by atoms with E-state index in [1.165, 1.54) is 17.2 Å². The minimum absolute atomic E-state index is 0.00166. The van der Waals surface area contributed by atoms with Gasteiger partial charge in [-0.2, -0.15) is 0 Å². The molecule has 2 heterocycles. The number of nitrogens with zero attached hydrogens (tertiary/aromatic N) is 4. The molecule has 0 bridgehead atoms. The molecule has 38 heavy (non-hydrogen) atoms. The minimum atomic E-state index is -0.453. The molecule has 1 aromatic heterocycles. The van der Waals surface area contributed by atoms with Crippen LogP contribution in [0.3, 0.4) is 0 Å². The van der Waals surface area contributed by atoms with Crippen LogP contribution in [0, 0.1) is 10.1 Å². The average Bonchev–Trinajstić information content (AvgIpc) is 3.14. The number of rotatable bonds is 9. The van der Waals surface area contributed by atoms with Crippen molar-refractivity contribution in [2.24, 2.45) is 10.1 Å². The number of nitro benzene ring substituents is 1. The number of carbonyl (C=O) groups excluding carboxylic acids is 1. The molecule has 1 aliphatic rings. The molecule has 3 N–H and O–H groups in total. The van der Waals surface area contributed by atoms with Crippen LogP contribution in [0.5, 0.6) is 0 Å². The molecule has 4 rings (SSSR count). The first kappa shape index (κ1) is 27.0. The molecule has 1 aliphatic heterocycles. The van der Waals surface area contributed by atoms with Crippen molar-refractivity contribution in [1.82, 2.24) is 10.0 Å². The predicted octanol–water partition coefficient (Wildman–Crippen LogP) is 5.22. The van der Waals surface area contributed by atoms with Crippen molar-refractivity contribution in [2.45, 2.75) is 31.3 Å². The Morgan fingerprint density at radius 1 is 1.21 bits per heavy atom. The minimum Gasteiger partial charge on any atom is -0.343 e. The Morgan fingerprint density at radius 2 is 2.00 bits per heavy atom. The number of nitrogens with one attached hydrogen (secondary N) is 1. The number of non-ortho nitro benzene ring substituents is 1. The Morgan fingerprint density at radius 3 is 2.68 bits per heavy atom. The fourth-order valence-electron chi connectivity index (χ4n) is 3.96. The van der Waals surface area contributed by atoms with E-state index in [0.29, 0.717) is 30.8 Å². The number of benzene rings is 2. The van der Waals surface area contributed by atoms with Crippen molar-refractivity contribution in [2.75, 3.05) is 18.9 Å². The van der Waals surface area contributed by atoms with E-state index in [1.807, 2.05) is 37.3 Å². The van der Waals surface area contributed by atoms with Gasteiger partial charge in [0.15, 0.2) is 0 Å². The molecule has 0 saturated carbocycles. The number of amides is 1. The van der Waals surface area contributed by atoms with E-state index in [1.54, 1.807) is 31.6 Å². The zero-order valence-corrected chi connectivity index (χ0v) is 21.9. The van der Waals surface area contributed by atoms with Crippen molar-refractivity contribution in [3.8, 4) is 11.1 Å². The number of hydrogen-bond donors (Lipinski definition) is 2. The highest BCUT2D eigenvalue weighted by Crippen LogP contribution is 2.31. The molecule has 0 radical (unpaired) electrons. The number of aromatic nitrogens is 1. The number of pyridine rings is 1. The molecule has 0 atom stereocenters. The van der Waals surface area contributed by atoms with Crippen molar-refractivity contribution in [3.63, 3.8) is 0 Å². The molecule has 0 spiro atoms. The topological polar surface area (TPSA) is 136 Å². The first-order valence-electron chi connectivity index (χ1n) is 12.0. The third-order valence-corrected chi connectivity index (χ3v) is 6.43. The van der Waals surface area contributed by atoms with E-state index in [-0.39, 0.29) is 18.2 Å². The van der Waals surface area contributed by atoms with Crippen LogP contribution >= 0.6 is 11.9 Å². The molecule has 0 aliphatic carbocycles. The standard InChI is InChI=1S/C27H28N6O4S/c1-3-10-32(37-17-18-4-8-23(9-5-18)33(35)36)27(34)21-11-20-7-6-19(13-25(20)31-26(14-21)29-2)22-12-24(38-28)16-30-15-22/h4-9,11-13,15-16H,3,10,14,17,28H2,1-2H3,(H,29,31). The molecule has 3 aromatic rings. The van der Waals surface area contributed by atoms with Gasteiger partial charge in [0.05, 0.1) is 4.92 Å². The SMILES string of the molecule is CCCN(OCc1ccc([N+](=O)[O-])cc1)C(=O)C1=Cc2ccc(-c3cncc(SN)c3)cc2NC(=NC)C1. The molecule has 0 saturated heterocycles. The van der Waals surface area contributed by atoms with Gasteiger partial charge in [-0.25, -0.2) is 5.06 Å². The highest BCUT2D eigenvalue weighted by molar-refractivity contribution is 7.97. The summed E-state index contributed by atoms with van der Waals surface area (Å²) < 4.78 is 0. The zero-order chi connectivity index (χ0) is 27.1. The van der Waals surface area contributed by atoms with Crippen LogP contribution in [0.15, 0.2) is 76.4 Å². The van der Waals surface area contributed by atoms with E-state index in [4.69, 9.17) is 9.98 Å². The lowest BCUT2D eigenvalue weighted by molar-refractivity contribution is -0.384. The van der Waals surface area contributed by atoms with Crippen molar-refractivity contribution in [1.29, 1.82) is 0 Å². The Balaban J connectivity index is 1.58. The second-order valence-electron chi connectivity index (χ2n) is 8.58. The monoisotopic (exact) mass is 532 g/mol. The van der Waals surface area contributed by atoms with Gasteiger partial charge in [0.2, 0.25) is 0 Å². The van der Waals surface area contributed by atoms with Gasteiger partial charge in [-0.15, -0.1) is 0 Å². The van der Waals surface area contributed by atoms with E-state index < -0.39 is 4.92 Å². The van der Waals surface area contributed by atoms with E-state index >= 15 is 0 Å². The van der Waals surface area contributed by atoms with Crippen molar-refractivity contribution < 1.29 is 14.6 Å². The molecule has 0 unspecified atom stereocenters. The molecule has 196 valence electrons. The average molecular weight is 533 g/mol. The summed E-state index contributed by atoms with van der Waals surface area (Å²) in [5.41, 5.74) is 4.81. The van der Waals surface area contributed by atoms with Crippen LogP contribution < -0.4 is 10.5 Å². The summed E-state index contributed by atoms with van der Waals surface area (Å²) in [5.74, 6) is 0.391. The number of nitro groups is 1. The number of nitrogens with two attached hydrogens (primary N) is 1. The summed E-state index contributed by atoms with van der Waals surface area (Å²) >= 11 is 1.14. The number of aliphatic imine (C=N–C) groups is 1. The van der Waals surface area contributed by atoms with Gasteiger partial charge in [0.25, 0.3) is 11.6 Å². The maximum atomic E-state index is 13.6. The lowest BCUT2D eigenvalue weighted by Crippen LogP contribution is -2.33. The summed E-state index contributed by atoms with van der Waals surface area (Å²) in [4.78, 5) is 39.4. The summed E-state index contributed by atoms with van der Waals surface area (Å²) in [6.07, 6.45) is 6.35. The van der Waals surface area contributed by atoms with Crippen LogP contribution in [-0.4, -0.2) is 40.3 Å². The maximum absolute atomic E-state index is 13.6. The number of hydroxylamine groups is 2. The quantitative estimate of drug-likeness (QED) is 0.217. The lowest BCUT2D eigenvalue weighted by Gasteiger charge is -2.22. The van der Waals surface area contributed by atoms with Gasteiger partial charge < -0.3 is 5.32 Å². The summed E-state index contributed by atoms with van der Waals surface area (Å²) in [6, 6.07) is 14.0. The van der Waals surface area contributed by atoms with E-state index in [2.05, 4.69) is 15.3 Å². The molecular weight excluding hydrogens is 504 g/mol. The fraction of sp³-hybridized carbons (Fsp3) is 0.222. The van der Waals surface area contributed by atoms with Gasteiger partial charge in [-0.3, -0.25) is 34.9 Å². The Hall–Kier alpha value is -4.06. The summed E-state index contributed by atoms with van der Waals surface area (Å²) in [5, 5.41) is 21.3. The van der Waals surface area contributed by atoms with Gasteiger partial charge in [-0.05, 0) is 65.4 Å². The van der Waals surface area contributed by atoms with E-state index in [9.17, 15) is 14.9 Å². The van der Waals surface area contributed by atoms with Crippen molar-refractivity contribution in [3.05, 3.63) is 87.7 Å². The number of hydrogen-bond acceptors (Lipinski definition) is 8. The first-order chi connectivity index (χ1) is 18.4. The molecule has 0 fully saturated rings. The first-order valence-corrected chi connectivity index (χ1v) is 12.9. The predicted molar refractivity (Wildman–Crippen MR) is 149 cm³/mol. The normalized spacial score (nSPS) is 13.8. The number of anilines is 1. The third kappa shape index (κ3) is 6.43. The van der Waals surface area contributed by atoms with Gasteiger partial charge in [0, 0.05) is 66.3 Å². The van der Waals surface area contributed by atoms with Gasteiger partial charge >= 0.3 is 0 Å². The zero-order valence-electron chi connectivity index (χ0n) is 21.1. The maximum Gasteiger partial charge on any atom is 0.273 e. The molecule has 1 amide bonds. The van der Waals surface area contributed by atoms with E-state index in [0.717, 1.165) is 44.8 Å². The number of carbonyl (C=O) groups is 1. The lowest BCUT2D eigenvalue weighted by atomic mass is 10.0. The number of fused-ring (bicyclic) bond motifs is 1. The Bertz CT molecular complexity index is 1390. The highest BCUT2D eigenvalue weighted by atomic mass is 32.2. The highest BCUT2D eigenvalue weighted by Gasteiger charge is 2.24. The Kier molecular flexibility index (Phi) is 8.85. The smallest absolute Gasteiger partial charge is 0.273 e. The Labute approximate surface area is 224 Å². The van der Waals surface area contributed by atoms with Crippen LogP contribution in [0.25, 0.3) is 17.2 Å². The fourth-order valence-corrected chi connectivity index (χ4v) is 4.27. The number of amidine groups is 1. The summed E-state index contributed by atoms with van der Waals surface area (Å²) in [6.45, 7) is 2.46. The molecule has 10 nitrogen and oxygen atoms in total. The summed E-state index contributed by atoms with van der Waals surface area (Å²) in [7, 11) is 1.68. The largest absolute Gasteiger partial charge is 0.343 e. The van der Waals surface area contributed by atoms with Crippen LogP contribution in [0.4, 0.5) is 11.4 Å². The molecular formula is C27H28N6O4S. The third-order valence-electron chi connectivity index (χ3n) is 5.93. The van der Waals surface area contributed by atoms with Crippen LogP contribution in [-0.2, 0) is 16.2 Å². The molecule has 2 aromatic carbocycles. The second-order valence-corrected chi connectivity index (χ2v) is 9.28. The van der Waals surface area contributed by atoms with Gasteiger partial charge in [0.1, 0.15) is 12.4 Å². The van der Waals surface area contributed by atoms with Crippen LogP contribution in [0.1, 0.15) is 30.9 Å². The van der Waals surface area contributed by atoms with Crippen molar-refractivity contribution >= 4 is 41.1 Å². The van der Waals surface area contributed by atoms with Crippen LogP contribution in [0.2, 0.25) is 0 Å². The van der Waals surface area contributed by atoms with Gasteiger partial charge in [-0.1, -0.05) is 19.1 Å². The molecule has 11 heteroatoms. The second kappa shape index (κ2) is 12.5.